The summed E-state index contributed by atoms with van der Waals surface area (Å²) in [5.41, 5.74) is 0. The molecule has 1 amide bonds. The first-order valence-corrected chi connectivity index (χ1v) is 7.58. The van der Waals surface area contributed by atoms with Crippen LogP contribution in [-0.4, -0.2) is 56.4 Å². The van der Waals surface area contributed by atoms with Crippen LogP contribution in [0.1, 0.15) is 25.7 Å². The van der Waals surface area contributed by atoms with E-state index in [4.69, 9.17) is 4.74 Å². The van der Waals surface area contributed by atoms with E-state index in [1.165, 1.54) is 4.90 Å². The predicted molar refractivity (Wildman–Crippen MR) is 71.8 cm³/mol. The molecule has 0 unspecified atom stereocenters. The maximum Gasteiger partial charge on any atom is 0.401 e. The number of carbonyl (C=O) groups excluding carboxylic acids is 1. The summed E-state index contributed by atoms with van der Waals surface area (Å²) in [6, 6.07) is 0. The Hall–Kier alpha value is -0.820. The van der Waals surface area contributed by atoms with Crippen molar-refractivity contribution in [3.05, 3.63) is 0 Å². The Kier molecular flexibility index (Phi) is 5.87. The van der Waals surface area contributed by atoms with Gasteiger partial charge >= 0.3 is 6.18 Å². The quantitative estimate of drug-likeness (QED) is 0.861. The number of hydrogen-bond acceptors (Lipinski definition) is 3. The molecule has 0 saturated carbocycles. The Morgan fingerprint density at radius 3 is 2.33 bits per heavy atom. The van der Waals surface area contributed by atoms with Gasteiger partial charge in [-0.2, -0.15) is 13.2 Å². The van der Waals surface area contributed by atoms with E-state index in [1.807, 2.05) is 0 Å². The number of rotatable bonds is 4. The number of halogens is 3. The van der Waals surface area contributed by atoms with Gasteiger partial charge in [0, 0.05) is 25.7 Å². The molecule has 0 spiro atoms. The summed E-state index contributed by atoms with van der Waals surface area (Å²) in [5, 5.41) is 2.95. The molecular formula is C14H23F3N2O2. The number of likely N-dealkylation sites (tertiary alicyclic amines) is 1. The molecule has 0 aromatic rings. The van der Waals surface area contributed by atoms with Crippen molar-refractivity contribution in [3.63, 3.8) is 0 Å². The molecule has 4 nitrogen and oxygen atoms in total. The summed E-state index contributed by atoms with van der Waals surface area (Å²) in [6.07, 6.45) is -1.18. The van der Waals surface area contributed by atoms with E-state index in [9.17, 15) is 18.0 Å². The summed E-state index contributed by atoms with van der Waals surface area (Å²) in [4.78, 5) is 13.4. The van der Waals surface area contributed by atoms with Crippen molar-refractivity contribution < 1.29 is 22.7 Å². The van der Waals surface area contributed by atoms with Gasteiger partial charge in [0.2, 0.25) is 5.91 Å². The molecule has 0 aromatic carbocycles. The third kappa shape index (κ3) is 5.82. The van der Waals surface area contributed by atoms with Crippen LogP contribution in [0.4, 0.5) is 13.2 Å². The van der Waals surface area contributed by atoms with E-state index in [0.717, 1.165) is 12.8 Å². The first kappa shape index (κ1) is 16.5. The molecular weight excluding hydrogens is 285 g/mol. The van der Waals surface area contributed by atoms with E-state index in [2.05, 4.69) is 5.32 Å². The normalized spacial score (nSPS) is 23.2. The largest absolute Gasteiger partial charge is 0.401 e. The third-order valence-corrected chi connectivity index (χ3v) is 4.27. The average Bonchev–Trinajstić information content (AvgIpc) is 2.45. The van der Waals surface area contributed by atoms with Crippen LogP contribution in [0.2, 0.25) is 0 Å². The second-order valence-corrected chi connectivity index (χ2v) is 5.97. The van der Waals surface area contributed by atoms with Crippen LogP contribution in [0.25, 0.3) is 0 Å². The zero-order chi connectivity index (χ0) is 15.3. The molecule has 2 fully saturated rings. The molecule has 2 heterocycles. The Labute approximate surface area is 123 Å². The fourth-order valence-corrected chi connectivity index (χ4v) is 2.95. The van der Waals surface area contributed by atoms with Gasteiger partial charge in [-0.3, -0.25) is 9.69 Å². The summed E-state index contributed by atoms with van der Waals surface area (Å²) >= 11 is 0. The number of nitrogens with zero attached hydrogens (tertiary/aromatic N) is 1. The highest BCUT2D eigenvalue weighted by atomic mass is 19.4. The molecule has 0 radical (unpaired) electrons. The lowest BCUT2D eigenvalue weighted by Crippen LogP contribution is -2.43. The van der Waals surface area contributed by atoms with E-state index in [0.29, 0.717) is 51.6 Å². The van der Waals surface area contributed by atoms with Gasteiger partial charge in [0.05, 0.1) is 6.54 Å². The molecule has 0 aromatic heterocycles. The van der Waals surface area contributed by atoms with Gasteiger partial charge in [0.1, 0.15) is 0 Å². The van der Waals surface area contributed by atoms with E-state index in [-0.39, 0.29) is 11.8 Å². The molecule has 1 N–H and O–H groups in total. The Bertz CT molecular complexity index is 336. The van der Waals surface area contributed by atoms with Crippen molar-refractivity contribution in [2.24, 2.45) is 11.8 Å². The van der Waals surface area contributed by atoms with Crippen molar-refractivity contribution >= 4 is 5.91 Å². The van der Waals surface area contributed by atoms with Crippen molar-refractivity contribution in [3.8, 4) is 0 Å². The van der Waals surface area contributed by atoms with Crippen molar-refractivity contribution in [2.75, 3.05) is 39.4 Å². The molecule has 0 atom stereocenters. The molecule has 21 heavy (non-hydrogen) atoms. The molecule has 2 rings (SSSR count). The minimum atomic E-state index is -4.12. The summed E-state index contributed by atoms with van der Waals surface area (Å²) in [6.45, 7) is 1.93. The van der Waals surface area contributed by atoms with Crippen LogP contribution in [0.15, 0.2) is 0 Å². The lowest BCUT2D eigenvalue weighted by molar-refractivity contribution is -0.148. The predicted octanol–water partition coefficient (Wildman–Crippen LogP) is 1.80. The van der Waals surface area contributed by atoms with Crippen molar-refractivity contribution in [2.45, 2.75) is 31.9 Å². The number of carbonyl (C=O) groups is 1. The smallest absolute Gasteiger partial charge is 0.381 e. The van der Waals surface area contributed by atoms with Gasteiger partial charge in [-0.15, -0.1) is 0 Å². The molecule has 2 aliphatic heterocycles. The first-order chi connectivity index (χ1) is 9.94. The number of alkyl halides is 3. The molecule has 7 heteroatoms. The maximum atomic E-state index is 12.3. The molecule has 122 valence electrons. The van der Waals surface area contributed by atoms with E-state index >= 15 is 0 Å². The molecule has 0 bridgehead atoms. The monoisotopic (exact) mass is 308 g/mol. The second kappa shape index (κ2) is 7.45. The Balaban J connectivity index is 1.63. The first-order valence-electron chi connectivity index (χ1n) is 7.58. The van der Waals surface area contributed by atoms with Gasteiger partial charge in [-0.1, -0.05) is 0 Å². The lowest BCUT2D eigenvalue weighted by atomic mass is 9.95. The van der Waals surface area contributed by atoms with Crippen LogP contribution >= 0.6 is 0 Å². The van der Waals surface area contributed by atoms with Crippen molar-refractivity contribution in [1.29, 1.82) is 0 Å². The molecule has 2 aliphatic rings. The van der Waals surface area contributed by atoms with E-state index < -0.39 is 12.7 Å². The highest BCUT2D eigenvalue weighted by Crippen LogP contribution is 2.22. The minimum absolute atomic E-state index is 0.0315. The third-order valence-electron chi connectivity index (χ3n) is 4.27. The SMILES string of the molecule is O=C(NCC1CCN(CC(F)(F)F)CC1)C1CCOCC1. The van der Waals surface area contributed by atoms with Gasteiger partial charge in [-0.05, 0) is 44.7 Å². The summed E-state index contributed by atoms with van der Waals surface area (Å²) in [7, 11) is 0. The van der Waals surface area contributed by atoms with Crippen LogP contribution in [-0.2, 0) is 9.53 Å². The number of piperidine rings is 1. The minimum Gasteiger partial charge on any atom is -0.381 e. The van der Waals surface area contributed by atoms with Crippen LogP contribution in [0, 0.1) is 11.8 Å². The van der Waals surface area contributed by atoms with E-state index in [1.54, 1.807) is 0 Å². The zero-order valence-electron chi connectivity index (χ0n) is 12.1. The fraction of sp³-hybridized carbons (Fsp3) is 0.929. The van der Waals surface area contributed by atoms with Crippen molar-refractivity contribution in [1.82, 2.24) is 10.2 Å². The van der Waals surface area contributed by atoms with Gasteiger partial charge in [0.15, 0.2) is 0 Å². The highest BCUT2D eigenvalue weighted by molar-refractivity contribution is 5.78. The number of amides is 1. The Morgan fingerprint density at radius 2 is 1.76 bits per heavy atom. The fourth-order valence-electron chi connectivity index (χ4n) is 2.95. The highest BCUT2D eigenvalue weighted by Gasteiger charge is 2.32. The van der Waals surface area contributed by atoms with Crippen LogP contribution in [0.5, 0.6) is 0 Å². The zero-order valence-corrected chi connectivity index (χ0v) is 12.1. The number of hydrogen-bond donors (Lipinski definition) is 1. The lowest BCUT2D eigenvalue weighted by Gasteiger charge is -2.32. The Morgan fingerprint density at radius 1 is 1.14 bits per heavy atom. The number of ether oxygens (including phenoxy) is 1. The van der Waals surface area contributed by atoms with Gasteiger partial charge < -0.3 is 10.1 Å². The summed E-state index contributed by atoms with van der Waals surface area (Å²) < 4.78 is 42.1. The maximum absolute atomic E-state index is 12.3. The molecule has 0 aliphatic carbocycles. The topological polar surface area (TPSA) is 41.6 Å². The van der Waals surface area contributed by atoms with Gasteiger partial charge in [0.25, 0.3) is 0 Å². The molecule has 2 saturated heterocycles. The van der Waals surface area contributed by atoms with Crippen LogP contribution < -0.4 is 5.32 Å². The summed E-state index contributed by atoms with van der Waals surface area (Å²) in [5.74, 6) is 0.387. The average molecular weight is 308 g/mol. The van der Waals surface area contributed by atoms with Gasteiger partial charge in [-0.25, -0.2) is 0 Å². The standard InChI is InChI=1S/C14H23F3N2O2/c15-14(16,17)10-19-5-1-11(2-6-19)9-18-13(20)12-3-7-21-8-4-12/h11-12H,1-10H2,(H,18,20). The van der Waals surface area contributed by atoms with Crippen LogP contribution in [0.3, 0.4) is 0 Å². The number of nitrogens with one attached hydrogen (secondary N) is 1. The second-order valence-electron chi connectivity index (χ2n) is 5.97.